The fourth-order valence-corrected chi connectivity index (χ4v) is 0.544. The summed E-state index contributed by atoms with van der Waals surface area (Å²) in [5.74, 6) is 0. The van der Waals surface area contributed by atoms with Crippen molar-refractivity contribution in [1.29, 1.82) is 0 Å². The van der Waals surface area contributed by atoms with Crippen LogP contribution in [0.2, 0.25) is 0 Å². The van der Waals surface area contributed by atoms with Gasteiger partial charge in [0, 0.05) is 0 Å². The van der Waals surface area contributed by atoms with Crippen molar-refractivity contribution in [1.82, 2.24) is 0 Å². The molecule has 112 valence electrons. The monoisotopic (exact) mass is 272 g/mol. The van der Waals surface area contributed by atoms with Crippen LogP contribution in [-0.4, -0.2) is 0 Å². The Labute approximate surface area is 127 Å². The van der Waals surface area contributed by atoms with Gasteiger partial charge in [-0.15, -0.1) is 0 Å². The minimum absolute atomic E-state index is 1.75. The molecule has 0 radical (unpaired) electrons. The molecule has 0 amide bonds. The highest BCUT2D eigenvalue weighted by atomic mass is 13.5. The smallest absolute Gasteiger partial charge is 0.0467 e. The van der Waals surface area contributed by atoms with E-state index in [1.807, 2.05) is 76.3 Å². The van der Waals surface area contributed by atoms with Gasteiger partial charge in [0.2, 0.25) is 0 Å². The SMILES string of the molecule is C=CC=CC.C=CC=CC.C=CC=CC.C=CC=CC. The molecule has 0 N–H and O–H groups in total. The topological polar surface area (TPSA) is 0 Å². The Morgan fingerprint density at radius 2 is 0.550 bits per heavy atom. The fraction of sp³-hybridized carbons (Fsp3) is 0.200. The van der Waals surface area contributed by atoms with E-state index in [0.717, 1.165) is 0 Å². The Morgan fingerprint density at radius 1 is 0.400 bits per heavy atom. The number of hydrogen-bond donors (Lipinski definition) is 0. The van der Waals surface area contributed by atoms with Gasteiger partial charge in [0.1, 0.15) is 0 Å². The van der Waals surface area contributed by atoms with Crippen molar-refractivity contribution in [3.63, 3.8) is 0 Å². The summed E-state index contributed by atoms with van der Waals surface area (Å²) in [6.07, 6.45) is 22.3. The molecule has 0 saturated heterocycles. The molecule has 0 unspecified atom stereocenters. The van der Waals surface area contributed by atoms with Crippen molar-refractivity contribution in [2.24, 2.45) is 0 Å². The number of allylic oxidation sites excluding steroid dienone is 12. The molecule has 0 aliphatic rings. The van der Waals surface area contributed by atoms with E-state index in [0.29, 0.717) is 0 Å². The molecule has 0 aromatic carbocycles. The largest absolute Gasteiger partial charge is 0.0991 e. The van der Waals surface area contributed by atoms with Gasteiger partial charge in [0.05, 0.1) is 0 Å². The van der Waals surface area contributed by atoms with Crippen molar-refractivity contribution >= 4 is 0 Å². The van der Waals surface area contributed by atoms with Gasteiger partial charge in [-0.3, -0.25) is 0 Å². The van der Waals surface area contributed by atoms with Gasteiger partial charge in [0.25, 0.3) is 0 Å². The molecule has 0 heterocycles. The minimum Gasteiger partial charge on any atom is -0.0991 e. The van der Waals surface area contributed by atoms with Gasteiger partial charge in [-0.1, -0.05) is 99.2 Å². The van der Waals surface area contributed by atoms with Crippen LogP contribution in [0.4, 0.5) is 0 Å². The molecule has 0 bridgehead atoms. The molecular formula is C20H32. The van der Waals surface area contributed by atoms with Crippen LogP contribution in [0.15, 0.2) is 99.2 Å². The lowest BCUT2D eigenvalue weighted by Crippen LogP contribution is -1.33. The molecule has 0 aromatic heterocycles. The molecule has 0 rings (SSSR count). The Kier molecular flexibility index (Phi) is 57.7. The summed E-state index contributed by atoms with van der Waals surface area (Å²) >= 11 is 0. The van der Waals surface area contributed by atoms with Crippen LogP contribution in [0.25, 0.3) is 0 Å². The summed E-state index contributed by atoms with van der Waals surface area (Å²) in [6.45, 7) is 21.7. The van der Waals surface area contributed by atoms with Gasteiger partial charge < -0.3 is 0 Å². The fourth-order valence-electron chi connectivity index (χ4n) is 0.544. The summed E-state index contributed by atoms with van der Waals surface area (Å²) in [5.41, 5.74) is 0. The zero-order valence-corrected chi connectivity index (χ0v) is 13.8. The van der Waals surface area contributed by atoms with Crippen LogP contribution in [0.1, 0.15) is 27.7 Å². The Hall–Kier alpha value is -2.08. The van der Waals surface area contributed by atoms with E-state index < -0.39 is 0 Å². The van der Waals surface area contributed by atoms with Gasteiger partial charge in [-0.05, 0) is 27.7 Å². The van der Waals surface area contributed by atoms with E-state index in [4.69, 9.17) is 0 Å². The average Bonchev–Trinajstić information content (AvgIpc) is 2.44. The van der Waals surface area contributed by atoms with Gasteiger partial charge in [0.15, 0.2) is 0 Å². The summed E-state index contributed by atoms with van der Waals surface area (Å²) in [4.78, 5) is 0. The quantitative estimate of drug-likeness (QED) is 0.483. The van der Waals surface area contributed by atoms with Crippen molar-refractivity contribution in [3.8, 4) is 0 Å². The van der Waals surface area contributed by atoms with E-state index in [1.54, 1.807) is 24.3 Å². The predicted molar refractivity (Wildman–Crippen MR) is 100 cm³/mol. The van der Waals surface area contributed by atoms with Crippen LogP contribution < -0.4 is 0 Å². The third-order valence-electron chi connectivity index (χ3n) is 1.31. The van der Waals surface area contributed by atoms with Crippen LogP contribution in [-0.2, 0) is 0 Å². The maximum absolute atomic E-state index is 3.46. The lowest BCUT2D eigenvalue weighted by Gasteiger charge is -1.56. The van der Waals surface area contributed by atoms with Gasteiger partial charge >= 0.3 is 0 Å². The van der Waals surface area contributed by atoms with Crippen molar-refractivity contribution < 1.29 is 0 Å². The van der Waals surface area contributed by atoms with E-state index in [9.17, 15) is 0 Å². The van der Waals surface area contributed by atoms with E-state index in [-0.39, 0.29) is 0 Å². The molecule has 0 aliphatic heterocycles. The standard InChI is InChI=1S/4C5H8/c4*1-3-5-4-2/h4*3-5H,1H2,2H3. The zero-order chi connectivity index (χ0) is 16.5. The first-order valence-corrected chi connectivity index (χ1v) is 6.61. The third kappa shape index (κ3) is 101. The van der Waals surface area contributed by atoms with Gasteiger partial charge in [-0.25, -0.2) is 0 Å². The predicted octanol–water partition coefficient (Wildman–Crippen LogP) is 6.99. The average molecular weight is 272 g/mol. The van der Waals surface area contributed by atoms with Crippen molar-refractivity contribution in [2.45, 2.75) is 27.7 Å². The molecule has 0 aromatic rings. The third-order valence-corrected chi connectivity index (χ3v) is 1.31. The lowest BCUT2D eigenvalue weighted by molar-refractivity contribution is 1.74. The van der Waals surface area contributed by atoms with Crippen molar-refractivity contribution in [2.75, 3.05) is 0 Å². The van der Waals surface area contributed by atoms with E-state index in [1.165, 1.54) is 0 Å². The molecule has 0 atom stereocenters. The normalized spacial score (nSPS) is 9.00. The molecule has 0 saturated carbocycles. The maximum Gasteiger partial charge on any atom is -0.0467 e. The molecule has 0 aliphatic carbocycles. The second kappa shape index (κ2) is 43.6. The lowest BCUT2D eigenvalue weighted by atomic mass is 10.5. The van der Waals surface area contributed by atoms with Crippen LogP contribution in [0, 0.1) is 0 Å². The minimum atomic E-state index is 1.75. The zero-order valence-electron chi connectivity index (χ0n) is 13.8. The maximum atomic E-state index is 3.46. The molecule has 0 spiro atoms. The highest BCUT2D eigenvalue weighted by Gasteiger charge is 1.43. The Morgan fingerprint density at radius 3 is 0.550 bits per heavy atom. The first kappa shape index (κ1) is 26.5. The number of hydrogen-bond acceptors (Lipinski definition) is 0. The van der Waals surface area contributed by atoms with Crippen LogP contribution >= 0.6 is 0 Å². The highest BCUT2D eigenvalue weighted by molar-refractivity contribution is 4.95. The summed E-state index contributed by atoms with van der Waals surface area (Å²) in [7, 11) is 0. The van der Waals surface area contributed by atoms with Crippen molar-refractivity contribution in [3.05, 3.63) is 99.2 Å². The van der Waals surface area contributed by atoms with Gasteiger partial charge in [-0.2, -0.15) is 0 Å². The summed E-state index contributed by atoms with van der Waals surface area (Å²) < 4.78 is 0. The van der Waals surface area contributed by atoms with E-state index in [2.05, 4.69) is 26.3 Å². The highest BCUT2D eigenvalue weighted by Crippen LogP contribution is 1.66. The molecule has 0 nitrogen and oxygen atoms in total. The second-order valence-electron chi connectivity index (χ2n) is 3.05. The molecule has 0 heteroatoms. The molecule has 20 heavy (non-hydrogen) atoms. The first-order valence-electron chi connectivity index (χ1n) is 6.61. The molecule has 0 fully saturated rings. The first-order chi connectivity index (χ1) is 9.66. The van der Waals surface area contributed by atoms with Crippen LogP contribution in [0.5, 0.6) is 0 Å². The Bertz CT molecular complexity index is 232. The summed E-state index contributed by atoms with van der Waals surface area (Å²) in [6, 6.07) is 0. The molecular weight excluding hydrogens is 240 g/mol. The second-order valence-corrected chi connectivity index (χ2v) is 3.05. The van der Waals surface area contributed by atoms with E-state index >= 15 is 0 Å². The summed E-state index contributed by atoms with van der Waals surface area (Å²) in [5, 5.41) is 0. The Balaban J connectivity index is -0.0000000853. The number of rotatable bonds is 4. The van der Waals surface area contributed by atoms with Crippen LogP contribution in [0.3, 0.4) is 0 Å².